The summed E-state index contributed by atoms with van der Waals surface area (Å²) in [7, 11) is 0. The van der Waals surface area contributed by atoms with Gasteiger partial charge in [-0.05, 0) is 42.0 Å². The first-order chi connectivity index (χ1) is 10.3. The first-order valence-corrected chi connectivity index (χ1v) is 7.60. The van der Waals surface area contributed by atoms with Crippen LogP contribution in [0.15, 0.2) is 36.0 Å². The highest BCUT2D eigenvalue weighted by atomic mass is 32.1. The summed E-state index contributed by atoms with van der Waals surface area (Å²) in [5, 5.41) is 14.3. The van der Waals surface area contributed by atoms with E-state index in [0.29, 0.717) is 23.2 Å². The fourth-order valence-electron chi connectivity index (χ4n) is 2.10. The number of nitrogens with one attached hydrogen (secondary N) is 1. The average molecular weight is 298 g/mol. The zero-order valence-electron chi connectivity index (χ0n) is 11.3. The van der Waals surface area contributed by atoms with E-state index < -0.39 is 0 Å². The van der Waals surface area contributed by atoms with Gasteiger partial charge in [-0.1, -0.05) is 0 Å². The van der Waals surface area contributed by atoms with Crippen LogP contribution in [0.5, 0.6) is 0 Å². The van der Waals surface area contributed by atoms with Crippen LogP contribution in [-0.4, -0.2) is 22.0 Å². The summed E-state index contributed by atoms with van der Waals surface area (Å²) in [5.74, 6) is 0. The number of hydrogen-bond acceptors (Lipinski definition) is 4. The minimum Gasteiger partial charge on any atom is -0.317 e. The van der Waals surface area contributed by atoms with Gasteiger partial charge in [-0.2, -0.15) is 5.26 Å². The molecular weight excluding hydrogens is 284 g/mol. The number of aromatic nitrogens is 1. The van der Waals surface area contributed by atoms with Gasteiger partial charge in [0.25, 0.3) is 0 Å². The Labute approximate surface area is 126 Å². The van der Waals surface area contributed by atoms with Crippen molar-refractivity contribution in [3.05, 3.63) is 47.1 Å². The van der Waals surface area contributed by atoms with E-state index in [0.717, 1.165) is 18.4 Å². The van der Waals surface area contributed by atoms with Crippen molar-refractivity contribution in [3.63, 3.8) is 0 Å². The van der Waals surface area contributed by atoms with Gasteiger partial charge in [0, 0.05) is 25.0 Å². The van der Waals surface area contributed by atoms with Gasteiger partial charge in [0.1, 0.15) is 11.1 Å². The molecule has 6 heteroatoms. The van der Waals surface area contributed by atoms with Crippen molar-refractivity contribution >= 4 is 22.4 Å². The molecule has 0 spiro atoms. The lowest BCUT2D eigenvalue weighted by atomic mass is 10.2. The molecule has 5 nitrogen and oxygen atoms in total. The van der Waals surface area contributed by atoms with Crippen molar-refractivity contribution < 1.29 is 4.79 Å². The monoisotopic (exact) mass is 298 g/mol. The third-order valence-corrected chi connectivity index (χ3v) is 4.19. The molecule has 2 heterocycles. The second-order valence-electron chi connectivity index (χ2n) is 4.92. The van der Waals surface area contributed by atoms with Gasteiger partial charge >= 0.3 is 6.03 Å². The maximum absolute atomic E-state index is 12.5. The third-order valence-electron chi connectivity index (χ3n) is 3.36. The van der Waals surface area contributed by atoms with Crippen molar-refractivity contribution in [2.45, 2.75) is 25.4 Å². The number of carbonyl (C=O) groups is 1. The van der Waals surface area contributed by atoms with Crippen LogP contribution in [0.1, 0.15) is 24.0 Å². The Morgan fingerprint density at radius 1 is 1.43 bits per heavy atom. The predicted octanol–water partition coefficient (Wildman–Crippen LogP) is 3.21. The highest BCUT2D eigenvalue weighted by Gasteiger charge is 2.33. The van der Waals surface area contributed by atoms with E-state index in [9.17, 15) is 4.79 Å². The molecule has 2 amide bonds. The Morgan fingerprint density at radius 3 is 2.86 bits per heavy atom. The average Bonchev–Trinajstić information content (AvgIpc) is 3.25. The number of pyridine rings is 1. The molecule has 1 aliphatic rings. The lowest BCUT2D eigenvalue weighted by Crippen LogP contribution is -2.36. The number of rotatable bonds is 4. The van der Waals surface area contributed by atoms with Gasteiger partial charge in [-0.25, -0.2) is 4.79 Å². The van der Waals surface area contributed by atoms with E-state index in [2.05, 4.69) is 16.4 Å². The van der Waals surface area contributed by atoms with E-state index in [4.69, 9.17) is 5.26 Å². The quantitative estimate of drug-likeness (QED) is 0.942. The molecule has 2 aromatic rings. The standard InChI is InChI=1S/C15H14N4OS/c16-9-12-5-8-21-14(12)18-15(20)19(13-1-2-13)10-11-3-6-17-7-4-11/h3-8,13H,1-2,10H2,(H,18,20). The summed E-state index contributed by atoms with van der Waals surface area (Å²) in [4.78, 5) is 18.3. The molecule has 21 heavy (non-hydrogen) atoms. The third kappa shape index (κ3) is 3.20. The molecule has 1 N–H and O–H groups in total. The second-order valence-corrected chi connectivity index (χ2v) is 5.84. The summed E-state index contributed by atoms with van der Waals surface area (Å²) in [6.07, 6.45) is 5.53. The van der Waals surface area contributed by atoms with E-state index in [-0.39, 0.29) is 6.03 Å². The van der Waals surface area contributed by atoms with Crippen molar-refractivity contribution in [1.29, 1.82) is 5.26 Å². The summed E-state index contributed by atoms with van der Waals surface area (Å²) < 4.78 is 0. The number of carbonyl (C=O) groups excluding carboxylic acids is 1. The fourth-order valence-corrected chi connectivity index (χ4v) is 2.83. The Balaban J connectivity index is 1.72. The molecule has 2 aromatic heterocycles. The van der Waals surface area contributed by atoms with Crippen molar-refractivity contribution in [2.24, 2.45) is 0 Å². The largest absolute Gasteiger partial charge is 0.323 e. The van der Waals surface area contributed by atoms with Gasteiger partial charge in [-0.3, -0.25) is 10.3 Å². The molecule has 0 saturated heterocycles. The first-order valence-electron chi connectivity index (χ1n) is 6.72. The molecule has 1 saturated carbocycles. The van der Waals surface area contributed by atoms with Crippen molar-refractivity contribution in [3.8, 4) is 6.07 Å². The second kappa shape index (κ2) is 5.94. The molecule has 0 aromatic carbocycles. The molecule has 1 aliphatic carbocycles. The van der Waals surface area contributed by atoms with Gasteiger partial charge in [0.15, 0.2) is 0 Å². The predicted molar refractivity (Wildman–Crippen MR) is 80.9 cm³/mol. The maximum Gasteiger partial charge on any atom is 0.323 e. The molecule has 0 aliphatic heterocycles. The number of thiophene rings is 1. The number of nitriles is 1. The van der Waals surface area contributed by atoms with Crippen LogP contribution >= 0.6 is 11.3 Å². The molecule has 0 radical (unpaired) electrons. The molecule has 0 bridgehead atoms. The van der Waals surface area contributed by atoms with Gasteiger partial charge < -0.3 is 4.90 Å². The van der Waals surface area contributed by atoms with E-state index in [1.165, 1.54) is 11.3 Å². The van der Waals surface area contributed by atoms with Crippen LogP contribution in [0, 0.1) is 11.3 Å². The Morgan fingerprint density at radius 2 is 2.19 bits per heavy atom. The van der Waals surface area contributed by atoms with Crippen LogP contribution in [-0.2, 0) is 6.54 Å². The van der Waals surface area contributed by atoms with Crippen LogP contribution in [0.2, 0.25) is 0 Å². The lowest BCUT2D eigenvalue weighted by Gasteiger charge is -2.22. The van der Waals surface area contributed by atoms with Gasteiger partial charge in [0.05, 0.1) is 5.56 Å². The number of urea groups is 1. The molecule has 0 atom stereocenters. The summed E-state index contributed by atoms with van der Waals surface area (Å²) in [6, 6.07) is 7.77. The van der Waals surface area contributed by atoms with E-state index >= 15 is 0 Å². The topological polar surface area (TPSA) is 69.0 Å². The fraction of sp³-hybridized carbons (Fsp3) is 0.267. The minimum absolute atomic E-state index is 0.145. The number of hydrogen-bond donors (Lipinski definition) is 1. The lowest BCUT2D eigenvalue weighted by molar-refractivity contribution is 0.206. The van der Waals surface area contributed by atoms with Crippen molar-refractivity contribution in [1.82, 2.24) is 9.88 Å². The summed E-state index contributed by atoms with van der Waals surface area (Å²) in [5.41, 5.74) is 1.56. The van der Waals surface area contributed by atoms with Crippen LogP contribution in [0.25, 0.3) is 0 Å². The SMILES string of the molecule is N#Cc1ccsc1NC(=O)N(Cc1ccncc1)C1CC1. The number of anilines is 1. The van der Waals surface area contributed by atoms with Crippen molar-refractivity contribution in [2.75, 3.05) is 5.32 Å². The highest BCUT2D eigenvalue weighted by Crippen LogP contribution is 2.30. The van der Waals surface area contributed by atoms with E-state index in [1.807, 2.05) is 17.0 Å². The maximum atomic E-state index is 12.5. The summed E-state index contributed by atoms with van der Waals surface area (Å²) in [6.45, 7) is 0.562. The molecule has 0 unspecified atom stereocenters. The zero-order valence-corrected chi connectivity index (χ0v) is 12.1. The van der Waals surface area contributed by atoms with Crippen LogP contribution < -0.4 is 5.32 Å². The number of amides is 2. The molecule has 1 fully saturated rings. The minimum atomic E-state index is -0.145. The van der Waals surface area contributed by atoms with Crippen LogP contribution in [0.4, 0.5) is 9.80 Å². The normalized spacial score (nSPS) is 13.5. The zero-order chi connectivity index (χ0) is 14.7. The smallest absolute Gasteiger partial charge is 0.317 e. The molecular formula is C15H14N4OS. The Kier molecular flexibility index (Phi) is 3.84. The molecule has 106 valence electrons. The van der Waals surface area contributed by atoms with Crippen LogP contribution in [0.3, 0.4) is 0 Å². The Hall–Kier alpha value is -2.39. The number of nitrogens with zero attached hydrogens (tertiary/aromatic N) is 3. The highest BCUT2D eigenvalue weighted by molar-refractivity contribution is 7.14. The molecule has 3 rings (SSSR count). The Bertz CT molecular complexity index is 672. The summed E-state index contributed by atoms with van der Waals surface area (Å²) >= 11 is 1.37. The van der Waals surface area contributed by atoms with Gasteiger partial charge in [-0.15, -0.1) is 11.3 Å². The first kappa shape index (κ1) is 13.6. The van der Waals surface area contributed by atoms with Gasteiger partial charge in [0.2, 0.25) is 0 Å². The van der Waals surface area contributed by atoms with E-state index in [1.54, 1.807) is 23.8 Å².